The molecule has 1 fully saturated rings. The van der Waals surface area contributed by atoms with Crippen LogP contribution in [0.5, 0.6) is 0 Å². The first-order valence-electron chi connectivity index (χ1n) is 11.5. The Hall–Kier alpha value is -1.21. The van der Waals surface area contributed by atoms with Crippen molar-refractivity contribution in [1.29, 1.82) is 0 Å². The maximum Gasteiger partial charge on any atom is 0.306 e. The molecule has 4 atom stereocenters. The van der Waals surface area contributed by atoms with Gasteiger partial charge in [-0.3, -0.25) is 4.79 Å². The van der Waals surface area contributed by atoms with Gasteiger partial charge in [0, 0.05) is 6.42 Å². The van der Waals surface area contributed by atoms with E-state index in [1.54, 1.807) is 0 Å². The molecule has 0 unspecified atom stereocenters. The van der Waals surface area contributed by atoms with E-state index in [9.17, 15) is 15.0 Å². The molecule has 1 aliphatic heterocycles. The lowest BCUT2D eigenvalue weighted by Crippen LogP contribution is -2.53. The van der Waals surface area contributed by atoms with Gasteiger partial charge in [0.1, 0.15) is 24.9 Å². The van der Waals surface area contributed by atoms with Gasteiger partial charge < -0.3 is 24.8 Å². The Kier molecular flexibility index (Phi) is 15.6. The SMILES string of the molecule is CCCCC/C=C\C/C=C\CCCCCCCC(=O)O[C@H]1[CH]O[C@H](CO)[C@@H](O)[C@@H]1O. The molecule has 1 heterocycles. The van der Waals surface area contributed by atoms with Crippen molar-refractivity contribution in [1.82, 2.24) is 0 Å². The molecule has 0 saturated carbocycles. The molecular formula is C24H41O6. The van der Waals surface area contributed by atoms with Gasteiger partial charge in [0.2, 0.25) is 0 Å². The lowest BCUT2D eigenvalue weighted by atomic mass is 10.0. The first-order valence-corrected chi connectivity index (χ1v) is 11.5. The van der Waals surface area contributed by atoms with Crippen molar-refractivity contribution in [3.63, 3.8) is 0 Å². The third-order valence-electron chi connectivity index (χ3n) is 5.23. The molecule has 3 N–H and O–H groups in total. The minimum Gasteiger partial charge on any atom is -0.457 e. The fourth-order valence-corrected chi connectivity index (χ4v) is 3.29. The van der Waals surface area contributed by atoms with E-state index in [1.165, 1.54) is 32.3 Å². The van der Waals surface area contributed by atoms with Crippen LogP contribution in [0, 0.1) is 6.61 Å². The summed E-state index contributed by atoms with van der Waals surface area (Å²) in [6.45, 7) is 2.98. The fraction of sp³-hybridized carbons (Fsp3) is 0.750. The maximum atomic E-state index is 11.9. The molecule has 0 aliphatic carbocycles. The van der Waals surface area contributed by atoms with Crippen LogP contribution < -0.4 is 0 Å². The molecule has 0 amide bonds. The number of carbonyl (C=O) groups is 1. The minimum atomic E-state index is -1.29. The van der Waals surface area contributed by atoms with Gasteiger partial charge >= 0.3 is 5.97 Å². The summed E-state index contributed by atoms with van der Waals surface area (Å²) in [5, 5.41) is 28.7. The van der Waals surface area contributed by atoms with Gasteiger partial charge in [0.05, 0.1) is 6.61 Å². The second-order valence-electron chi connectivity index (χ2n) is 7.91. The molecule has 0 aromatic heterocycles. The van der Waals surface area contributed by atoms with Gasteiger partial charge in [-0.1, -0.05) is 63.3 Å². The van der Waals surface area contributed by atoms with Crippen molar-refractivity contribution in [2.24, 2.45) is 0 Å². The van der Waals surface area contributed by atoms with Crippen molar-refractivity contribution >= 4 is 5.97 Å². The van der Waals surface area contributed by atoms with Crippen molar-refractivity contribution < 1.29 is 29.6 Å². The second-order valence-corrected chi connectivity index (χ2v) is 7.91. The molecule has 0 spiro atoms. The molecule has 6 nitrogen and oxygen atoms in total. The standard InChI is InChI=1S/C24H41O6/c1-2-3-4-5-6-7-8-9-10-11-12-13-14-15-16-17-22(26)30-21-19-29-20(18-25)23(27)24(21)28/h6-7,9-10,19-21,23-25,27-28H,2-5,8,11-18H2,1H3/b7-6-,10-9-/t20-,21+,23-,24-/m1/s1. The summed E-state index contributed by atoms with van der Waals surface area (Å²) in [6, 6.07) is 0. The van der Waals surface area contributed by atoms with E-state index in [2.05, 4.69) is 31.2 Å². The minimum absolute atomic E-state index is 0.279. The van der Waals surface area contributed by atoms with Crippen molar-refractivity contribution in [3.05, 3.63) is 30.9 Å². The van der Waals surface area contributed by atoms with Gasteiger partial charge in [-0.15, -0.1) is 0 Å². The van der Waals surface area contributed by atoms with Crippen molar-refractivity contribution in [2.45, 2.75) is 108 Å². The van der Waals surface area contributed by atoms with E-state index in [0.29, 0.717) is 0 Å². The molecule has 173 valence electrons. The number of unbranched alkanes of at least 4 members (excludes halogenated alkanes) is 8. The van der Waals surface area contributed by atoms with Crippen LogP contribution in [0.15, 0.2) is 24.3 Å². The highest BCUT2D eigenvalue weighted by atomic mass is 16.6. The molecule has 0 aromatic carbocycles. The van der Waals surface area contributed by atoms with Crippen molar-refractivity contribution in [3.8, 4) is 0 Å². The quantitative estimate of drug-likeness (QED) is 0.197. The monoisotopic (exact) mass is 425 g/mol. The van der Waals surface area contributed by atoms with Crippen LogP contribution in [0.3, 0.4) is 0 Å². The number of esters is 1. The maximum absolute atomic E-state index is 11.9. The average Bonchev–Trinajstić information content (AvgIpc) is 2.74. The van der Waals surface area contributed by atoms with Gasteiger partial charge in [-0.25, -0.2) is 0 Å². The zero-order valence-corrected chi connectivity index (χ0v) is 18.5. The van der Waals surface area contributed by atoms with Crippen LogP contribution in [-0.2, 0) is 14.3 Å². The highest BCUT2D eigenvalue weighted by molar-refractivity contribution is 5.69. The van der Waals surface area contributed by atoms with Crippen LogP contribution in [0.4, 0.5) is 0 Å². The normalized spacial score (nSPS) is 24.7. The van der Waals surface area contributed by atoms with Crippen LogP contribution in [0.1, 0.15) is 84.0 Å². The van der Waals surface area contributed by atoms with Crippen LogP contribution >= 0.6 is 0 Å². The summed E-state index contributed by atoms with van der Waals surface area (Å²) in [4.78, 5) is 11.9. The molecule has 30 heavy (non-hydrogen) atoms. The van der Waals surface area contributed by atoms with Crippen molar-refractivity contribution in [2.75, 3.05) is 6.61 Å². The molecule has 1 saturated heterocycles. The summed E-state index contributed by atoms with van der Waals surface area (Å²) in [5.74, 6) is -0.417. The molecule has 0 aromatic rings. The second kappa shape index (κ2) is 17.5. The molecule has 1 radical (unpaired) electrons. The van der Waals surface area contributed by atoms with Gasteiger partial charge in [0.15, 0.2) is 6.10 Å². The first-order chi connectivity index (χ1) is 14.6. The Balaban J connectivity index is 1.96. The summed E-state index contributed by atoms with van der Waals surface area (Å²) in [6.07, 6.45) is 17.1. The third kappa shape index (κ3) is 11.8. The predicted octanol–water partition coefficient (Wildman–Crippen LogP) is 3.99. The van der Waals surface area contributed by atoms with Gasteiger partial charge in [-0.2, -0.15) is 0 Å². The largest absolute Gasteiger partial charge is 0.457 e. The summed E-state index contributed by atoms with van der Waals surface area (Å²) in [5.41, 5.74) is 0. The average molecular weight is 426 g/mol. The number of aliphatic hydroxyl groups excluding tert-OH is 3. The van der Waals surface area contributed by atoms with Crippen LogP contribution in [-0.4, -0.2) is 52.3 Å². The fourth-order valence-electron chi connectivity index (χ4n) is 3.29. The smallest absolute Gasteiger partial charge is 0.306 e. The number of rotatable bonds is 16. The Morgan fingerprint density at radius 1 is 0.933 bits per heavy atom. The van der Waals surface area contributed by atoms with Gasteiger partial charge in [-0.05, 0) is 38.5 Å². The molecule has 1 aliphatic rings. The molecule has 0 bridgehead atoms. The number of allylic oxidation sites excluding steroid dienone is 4. The molecular weight excluding hydrogens is 384 g/mol. The Morgan fingerprint density at radius 2 is 1.57 bits per heavy atom. The highest BCUT2D eigenvalue weighted by Crippen LogP contribution is 2.21. The molecule has 1 rings (SSSR count). The Labute approximate surface area is 182 Å². The van der Waals surface area contributed by atoms with E-state index in [4.69, 9.17) is 14.6 Å². The van der Waals surface area contributed by atoms with E-state index < -0.39 is 37.0 Å². The zero-order chi connectivity index (χ0) is 22.0. The number of ether oxygens (including phenoxy) is 2. The van der Waals surface area contributed by atoms with E-state index in [0.717, 1.165) is 44.9 Å². The third-order valence-corrected chi connectivity index (χ3v) is 5.23. The summed E-state index contributed by atoms with van der Waals surface area (Å²) >= 11 is 0. The lowest BCUT2D eigenvalue weighted by Gasteiger charge is -2.35. The molecule has 6 heteroatoms. The lowest BCUT2D eigenvalue weighted by molar-refractivity contribution is -0.192. The summed E-state index contributed by atoms with van der Waals surface area (Å²) < 4.78 is 10.2. The topological polar surface area (TPSA) is 96.2 Å². The number of hydrogen-bond donors (Lipinski definition) is 3. The van der Waals surface area contributed by atoms with Gasteiger partial charge in [0.25, 0.3) is 0 Å². The Morgan fingerprint density at radius 3 is 2.23 bits per heavy atom. The summed E-state index contributed by atoms with van der Waals surface area (Å²) in [7, 11) is 0. The number of aliphatic hydroxyl groups is 3. The van der Waals surface area contributed by atoms with E-state index in [1.807, 2.05) is 0 Å². The van der Waals surface area contributed by atoms with E-state index >= 15 is 0 Å². The van der Waals surface area contributed by atoms with Crippen LogP contribution in [0.25, 0.3) is 0 Å². The first kappa shape index (κ1) is 26.8. The number of carbonyl (C=O) groups excluding carboxylic acids is 1. The predicted molar refractivity (Wildman–Crippen MR) is 118 cm³/mol. The van der Waals surface area contributed by atoms with E-state index in [-0.39, 0.29) is 6.42 Å². The highest BCUT2D eigenvalue weighted by Gasteiger charge is 2.40. The number of hydrogen-bond acceptors (Lipinski definition) is 6. The zero-order valence-electron chi connectivity index (χ0n) is 18.5. The van der Waals surface area contributed by atoms with Crippen LogP contribution in [0.2, 0.25) is 0 Å². The Bertz CT molecular complexity index is 490.